The molecular formula is C16H15FN4O. The average molecular weight is 298 g/mol. The Kier molecular flexibility index (Phi) is 4.17. The van der Waals surface area contributed by atoms with Crippen LogP contribution in [0.25, 0.3) is 12.2 Å². The van der Waals surface area contributed by atoms with Gasteiger partial charge in [-0.1, -0.05) is 12.1 Å². The van der Waals surface area contributed by atoms with Crippen molar-refractivity contribution < 1.29 is 8.81 Å². The molecule has 22 heavy (non-hydrogen) atoms. The molecule has 0 unspecified atom stereocenters. The van der Waals surface area contributed by atoms with Crippen molar-refractivity contribution in [3.05, 3.63) is 47.2 Å². The zero-order chi connectivity index (χ0) is 15.4. The first kappa shape index (κ1) is 14.3. The summed E-state index contributed by atoms with van der Waals surface area (Å²) in [5.41, 5.74) is 1.13. The molecule has 0 radical (unpaired) electrons. The molecule has 5 nitrogen and oxygen atoms in total. The molecule has 1 aromatic carbocycles. The van der Waals surface area contributed by atoms with Gasteiger partial charge in [-0.3, -0.25) is 0 Å². The third-order valence-corrected chi connectivity index (χ3v) is 3.42. The summed E-state index contributed by atoms with van der Waals surface area (Å²) < 4.78 is 18.6. The first-order chi connectivity index (χ1) is 10.8. The number of nitriles is 1. The fourth-order valence-electron chi connectivity index (χ4n) is 2.30. The molecule has 1 saturated heterocycles. The van der Waals surface area contributed by atoms with E-state index in [1.54, 1.807) is 24.3 Å². The first-order valence-electron chi connectivity index (χ1n) is 7.06. The zero-order valence-corrected chi connectivity index (χ0v) is 11.9. The highest BCUT2D eigenvalue weighted by molar-refractivity contribution is 5.67. The number of anilines is 1. The summed E-state index contributed by atoms with van der Waals surface area (Å²) >= 11 is 0. The summed E-state index contributed by atoms with van der Waals surface area (Å²) in [4.78, 5) is 6.20. The van der Waals surface area contributed by atoms with Crippen molar-refractivity contribution in [3.63, 3.8) is 0 Å². The number of piperazine rings is 1. The predicted octanol–water partition coefficient (Wildman–Crippen LogP) is 2.27. The number of hydrogen-bond acceptors (Lipinski definition) is 5. The third kappa shape index (κ3) is 3.15. The van der Waals surface area contributed by atoms with Crippen LogP contribution >= 0.6 is 0 Å². The van der Waals surface area contributed by atoms with E-state index in [0.29, 0.717) is 17.5 Å². The number of halogens is 1. The summed E-state index contributed by atoms with van der Waals surface area (Å²) in [6, 6.07) is 8.18. The van der Waals surface area contributed by atoms with Crippen molar-refractivity contribution in [3.8, 4) is 6.07 Å². The van der Waals surface area contributed by atoms with Gasteiger partial charge in [0.1, 0.15) is 11.9 Å². The van der Waals surface area contributed by atoms with E-state index < -0.39 is 0 Å². The number of hydrogen-bond donors (Lipinski definition) is 1. The van der Waals surface area contributed by atoms with Crippen molar-refractivity contribution in [1.29, 1.82) is 5.26 Å². The number of nitrogens with one attached hydrogen (secondary N) is 1. The Labute approximate surface area is 127 Å². The van der Waals surface area contributed by atoms with Crippen LogP contribution in [0.4, 0.5) is 10.3 Å². The van der Waals surface area contributed by atoms with E-state index in [1.807, 2.05) is 4.90 Å². The Bertz CT molecular complexity index is 709. The lowest BCUT2D eigenvalue weighted by Crippen LogP contribution is -2.43. The number of benzene rings is 1. The van der Waals surface area contributed by atoms with Crippen LogP contribution in [0, 0.1) is 17.1 Å². The molecule has 0 amide bonds. The third-order valence-electron chi connectivity index (χ3n) is 3.42. The minimum absolute atomic E-state index is 0.277. The molecule has 0 bridgehead atoms. The highest BCUT2D eigenvalue weighted by Gasteiger charge is 2.20. The van der Waals surface area contributed by atoms with E-state index in [1.165, 1.54) is 12.1 Å². The average Bonchev–Trinajstić information content (AvgIpc) is 2.98. The van der Waals surface area contributed by atoms with Gasteiger partial charge in [-0.2, -0.15) is 10.2 Å². The monoisotopic (exact) mass is 298 g/mol. The molecule has 3 rings (SSSR count). The minimum Gasteiger partial charge on any atom is -0.420 e. The van der Waals surface area contributed by atoms with Gasteiger partial charge in [-0.15, -0.1) is 0 Å². The van der Waals surface area contributed by atoms with Crippen LogP contribution in [-0.4, -0.2) is 31.2 Å². The Morgan fingerprint density at radius 3 is 2.64 bits per heavy atom. The zero-order valence-electron chi connectivity index (χ0n) is 11.9. The molecule has 1 fully saturated rings. The van der Waals surface area contributed by atoms with E-state index in [-0.39, 0.29) is 5.82 Å². The maximum Gasteiger partial charge on any atom is 0.235 e. The number of oxazole rings is 1. The van der Waals surface area contributed by atoms with Gasteiger partial charge in [0.2, 0.25) is 17.5 Å². The molecule has 1 aromatic heterocycles. The summed E-state index contributed by atoms with van der Waals surface area (Å²) in [5, 5.41) is 12.4. The molecular weight excluding hydrogens is 283 g/mol. The van der Waals surface area contributed by atoms with E-state index in [4.69, 9.17) is 4.42 Å². The molecule has 2 heterocycles. The summed E-state index contributed by atoms with van der Waals surface area (Å²) in [5.74, 6) is 0.609. The van der Waals surface area contributed by atoms with Crippen LogP contribution in [0.5, 0.6) is 0 Å². The first-order valence-corrected chi connectivity index (χ1v) is 7.06. The molecule has 2 aromatic rings. The van der Waals surface area contributed by atoms with Gasteiger partial charge in [-0.05, 0) is 23.8 Å². The summed E-state index contributed by atoms with van der Waals surface area (Å²) in [6.45, 7) is 3.27. The van der Waals surface area contributed by atoms with Crippen LogP contribution in [0.2, 0.25) is 0 Å². The van der Waals surface area contributed by atoms with E-state index in [9.17, 15) is 9.65 Å². The van der Waals surface area contributed by atoms with Crippen molar-refractivity contribution in [2.75, 3.05) is 31.1 Å². The fourth-order valence-corrected chi connectivity index (χ4v) is 2.30. The van der Waals surface area contributed by atoms with Gasteiger partial charge in [0.25, 0.3) is 0 Å². The Morgan fingerprint density at radius 1 is 1.23 bits per heavy atom. The Balaban J connectivity index is 1.81. The van der Waals surface area contributed by atoms with Gasteiger partial charge >= 0.3 is 0 Å². The lowest BCUT2D eigenvalue weighted by atomic mass is 10.2. The largest absolute Gasteiger partial charge is 0.420 e. The Morgan fingerprint density at radius 2 is 1.95 bits per heavy atom. The number of nitrogens with zero attached hydrogens (tertiary/aromatic N) is 3. The van der Waals surface area contributed by atoms with Gasteiger partial charge in [0, 0.05) is 32.3 Å². The molecule has 112 valence electrons. The van der Waals surface area contributed by atoms with E-state index in [2.05, 4.69) is 16.4 Å². The van der Waals surface area contributed by atoms with Crippen LogP contribution in [0.15, 0.2) is 28.7 Å². The van der Waals surface area contributed by atoms with Crippen molar-refractivity contribution in [2.45, 2.75) is 0 Å². The van der Waals surface area contributed by atoms with Crippen molar-refractivity contribution >= 4 is 18.0 Å². The van der Waals surface area contributed by atoms with Gasteiger partial charge in [0.15, 0.2) is 0 Å². The van der Waals surface area contributed by atoms with E-state index >= 15 is 0 Å². The topological polar surface area (TPSA) is 65.1 Å². The standard InChI is InChI=1S/C16H15FN4O/c17-13-4-1-12(2-5-13)3-6-15-20-14(11-18)16(22-15)21-9-7-19-8-10-21/h1-6,19H,7-10H2/b6-3+. The second kappa shape index (κ2) is 6.41. The van der Waals surface area contributed by atoms with Crippen molar-refractivity contribution in [1.82, 2.24) is 10.3 Å². The molecule has 0 spiro atoms. The predicted molar refractivity (Wildman–Crippen MR) is 81.6 cm³/mol. The van der Waals surface area contributed by atoms with Crippen LogP contribution < -0.4 is 10.2 Å². The molecule has 1 N–H and O–H groups in total. The van der Waals surface area contributed by atoms with Crippen molar-refractivity contribution in [2.24, 2.45) is 0 Å². The highest BCUT2D eigenvalue weighted by atomic mass is 19.1. The minimum atomic E-state index is -0.277. The van der Waals surface area contributed by atoms with E-state index in [0.717, 1.165) is 31.7 Å². The molecule has 0 saturated carbocycles. The SMILES string of the molecule is N#Cc1nc(/C=C/c2ccc(F)cc2)oc1N1CCNCC1. The maximum absolute atomic E-state index is 12.9. The van der Waals surface area contributed by atoms with Crippen LogP contribution in [0.3, 0.4) is 0 Å². The van der Waals surface area contributed by atoms with Gasteiger partial charge < -0.3 is 14.6 Å². The molecule has 6 heteroatoms. The number of rotatable bonds is 3. The van der Waals surface area contributed by atoms with Crippen LogP contribution in [0.1, 0.15) is 17.1 Å². The fraction of sp³-hybridized carbons (Fsp3) is 0.250. The lowest BCUT2D eigenvalue weighted by molar-refractivity contribution is 0.498. The molecule has 1 aliphatic rings. The quantitative estimate of drug-likeness (QED) is 0.941. The van der Waals surface area contributed by atoms with Crippen LogP contribution in [-0.2, 0) is 0 Å². The highest BCUT2D eigenvalue weighted by Crippen LogP contribution is 2.23. The molecule has 1 aliphatic heterocycles. The second-order valence-electron chi connectivity index (χ2n) is 4.94. The Hall–Kier alpha value is -2.65. The normalized spacial score (nSPS) is 15.2. The smallest absolute Gasteiger partial charge is 0.235 e. The maximum atomic E-state index is 12.9. The lowest BCUT2D eigenvalue weighted by Gasteiger charge is -2.26. The second-order valence-corrected chi connectivity index (χ2v) is 4.94. The van der Waals surface area contributed by atoms with Gasteiger partial charge in [-0.25, -0.2) is 4.39 Å². The summed E-state index contributed by atoms with van der Waals surface area (Å²) in [7, 11) is 0. The number of aromatic nitrogens is 1. The molecule has 0 aliphatic carbocycles. The molecule has 0 atom stereocenters. The summed E-state index contributed by atoms with van der Waals surface area (Å²) in [6.07, 6.45) is 3.45. The van der Waals surface area contributed by atoms with Gasteiger partial charge in [0.05, 0.1) is 0 Å².